The quantitative estimate of drug-likeness (QED) is 0.922. The minimum atomic E-state index is -1.04. The summed E-state index contributed by atoms with van der Waals surface area (Å²) >= 11 is 5.95. The molecule has 1 aromatic carbocycles. The Kier molecular flexibility index (Phi) is 3.53. The second-order valence-electron chi connectivity index (χ2n) is 3.95. The van der Waals surface area contributed by atoms with Crippen LogP contribution >= 0.6 is 11.6 Å². The van der Waals surface area contributed by atoms with Crippen molar-refractivity contribution < 1.29 is 13.6 Å². The maximum atomic E-state index is 13.0. The lowest BCUT2D eigenvalue weighted by Crippen LogP contribution is -2.13. The second kappa shape index (κ2) is 4.97. The number of hydrogen-bond donors (Lipinski definition) is 1. The largest absolute Gasteiger partial charge is 0.320 e. The highest BCUT2D eigenvalue weighted by Crippen LogP contribution is 2.21. The summed E-state index contributed by atoms with van der Waals surface area (Å²) in [6, 6.07) is 3.06. The molecule has 1 aromatic heterocycles. The lowest BCUT2D eigenvalue weighted by Gasteiger charge is -2.03. The van der Waals surface area contributed by atoms with Crippen molar-refractivity contribution in [2.24, 2.45) is 7.05 Å². The zero-order valence-electron chi connectivity index (χ0n) is 10.2. The molecule has 2 aromatic rings. The molecular formula is C12H10ClF2N3O. The number of halogens is 3. The second-order valence-corrected chi connectivity index (χ2v) is 4.33. The summed E-state index contributed by atoms with van der Waals surface area (Å²) < 4.78 is 27.2. The molecule has 0 unspecified atom stereocenters. The number of nitrogens with zero attached hydrogens (tertiary/aromatic N) is 2. The summed E-state index contributed by atoms with van der Waals surface area (Å²) in [5.41, 5.74) is 0.798. The fraction of sp³-hybridized carbons (Fsp3) is 0.167. The fourth-order valence-electron chi connectivity index (χ4n) is 1.49. The molecule has 1 heterocycles. The van der Waals surface area contributed by atoms with Gasteiger partial charge >= 0.3 is 0 Å². The van der Waals surface area contributed by atoms with E-state index < -0.39 is 17.5 Å². The smallest absolute Gasteiger partial charge is 0.277 e. The van der Waals surface area contributed by atoms with Crippen LogP contribution in [-0.2, 0) is 7.05 Å². The van der Waals surface area contributed by atoms with Gasteiger partial charge in [-0.3, -0.25) is 9.48 Å². The van der Waals surface area contributed by atoms with Crippen molar-refractivity contribution >= 4 is 23.2 Å². The van der Waals surface area contributed by atoms with E-state index in [1.54, 1.807) is 14.0 Å². The Balaban J connectivity index is 2.25. The molecule has 0 aliphatic carbocycles. The Morgan fingerprint density at radius 2 is 2.05 bits per heavy atom. The molecule has 1 amide bonds. The molecule has 0 radical (unpaired) electrons. The lowest BCUT2D eigenvalue weighted by atomic mass is 10.3. The first-order valence-corrected chi connectivity index (χ1v) is 5.73. The molecule has 100 valence electrons. The number of anilines is 1. The number of aryl methyl sites for hydroxylation is 1. The van der Waals surface area contributed by atoms with Crippen molar-refractivity contribution in [3.8, 4) is 0 Å². The van der Waals surface area contributed by atoms with E-state index >= 15 is 0 Å². The number of hydrogen-bond acceptors (Lipinski definition) is 2. The number of amides is 1. The van der Waals surface area contributed by atoms with Crippen LogP contribution in [-0.4, -0.2) is 15.7 Å². The van der Waals surface area contributed by atoms with E-state index in [9.17, 15) is 13.6 Å². The van der Waals surface area contributed by atoms with Crippen molar-refractivity contribution in [2.45, 2.75) is 6.92 Å². The standard InChI is InChI=1S/C12H10ClF2N3O/c1-6-10(13)11(17-18(6)2)12(19)16-7-3-4-8(14)9(15)5-7/h3-5H,1-2H3,(H,16,19). The topological polar surface area (TPSA) is 46.9 Å². The van der Waals surface area contributed by atoms with Gasteiger partial charge in [-0.1, -0.05) is 11.6 Å². The van der Waals surface area contributed by atoms with Crippen LogP contribution in [0, 0.1) is 18.6 Å². The zero-order valence-corrected chi connectivity index (χ0v) is 10.9. The molecule has 0 aliphatic rings. The van der Waals surface area contributed by atoms with E-state index in [1.807, 2.05) is 0 Å². The number of benzene rings is 1. The predicted molar refractivity (Wildman–Crippen MR) is 67.3 cm³/mol. The Morgan fingerprint density at radius 1 is 1.37 bits per heavy atom. The molecule has 4 nitrogen and oxygen atoms in total. The van der Waals surface area contributed by atoms with E-state index in [0.29, 0.717) is 5.69 Å². The number of nitrogens with one attached hydrogen (secondary N) is 1. The van der Waals surface area contributed by atoms with Gasteiger partial charge in [0.25, 0.3) is 5.91 Å². The van der Waals surface area contributed by atoms with Gasteiger partial charge in [-0.05, 0) is 19.1 Å². The zero-order chi connectivity index (χ0) is 14.2. The highest BCUT2D eigenvalue weighted by atomic mass is 35.5. The van der Waals surface area contributed by atoms with Crippen LogP contribution in [0.2, 0.25) is 5.02 Å². The summed E-state index contributed by atoms with van der Waals surface area (Å²) in [6.45, 7) is 1.71. The van der Waals surface area contributed by atoms with E-state index in [4.69, 9.17) is 11.6 Å². The number of aromatic nitrogens is 2. The SMILES string of the molecule is Cc1c(Cl)c(C(=O)Nc2ccc(F)c(F)c2)nn1C. The molecule has 0 saturated carbocycles. The monoisotopic (exact) mass is 285 g/mol. The van der Waals surface area contributed by atoms with Crippen LogP contribution in [0.25, 0.3) is 0 Å². The maximum Gasteiger partial charge on any atom is 0.277 e. The normalized spacial score (nSPS) is 10.6. The van der Waals surface area contributed by atoms with Gasteiger partial charge in [0.1, 0.15) is 0 Å². The Hall–Kier alpha value is -1.95. The average Bonchev–Trinajstić information content (AvgIpc) is 2.62. The van der Waals surface area contributed by atoms with Crippen LogP contribution in [0.4, 0.5) is 14.5 Å². The van der Waals surface area contributed by atoms with E-state index in [2.05, 4.69) is 10.4 Å². The van der Waals surface area contributed by atoms with Gasteiger partial charge in [-0.2, -0.15) is 5.10 Å². The van der Waals surface area contributed by atoms with Crippen molar-refractivity contribution in [3.63, 3.8) is 0 Å². The molecule has 2 rings (SSSR count). The number of carbonyl (C=O) groups excluding carboxylic acids is 1. The highest BCUT2D eigenvalue weighted by Gasteiger charge is 2.18. The number of carbonyl (C=O) groups is 1. The first-order valence-electron chi connectivity index (χ1n) is 5.35. The van der Waals surface area contributed by atoms with E-state index in [0.717, 1.165) is 12.1 Å². The predicted octanol–water partition coefficient (Wildman–Crippen LogP) is 2.91. The van der Waals surface area contributed by atoms with Crippen LogP contribution in [0.15, 0.2) is 18.2 Å². The van der Waals surface area contributed by atoms with E-state index in [-0.39, 0.29) is 16.4 Å². The molecule has 0 saturated heterocycles. The molecule has 0 fully saturated rings. The molecule has 19 heavy (non-hydrogen) atoms. The van der Waals surface area contributed by atoms with Gasteiger partial charge in [0.2, 0.25) is 0 Å². The van der Waals surface area contributed by atoms with Crippen LogP contribution in [0.1, 0.15) is 16.2 Å². The van der Waals surface area contributed by atoms with E-state index in [1.165, 1.54) is 10.7 Å². The summed E-state index contributed by atoms with van der Waals surface area (Å²) in [7, 11) is 1.65. The lowest BCUT2D eigenvalue weighted by molar-refractivity contribution is 0.102. The fourth-order valence-corrected chi connectivity index (χ4v) is 1.74. The highest BCUT2D eigenvalue weighted by molar-refractivity contribution is 6.34. The van der Waals surface area contributed by atoms with Crippen molar-refractivity contribution in [1.82, 2.24) is 9.78 Å². The first kappa shape index (κ1) is 13.5. The molecule has 0 atom stereocenters. The summed E-state index contributed by atoms with van der Waals surface area (Å²) in [6.07, 6.45) is 0. The molecule has 7 heteroatoms. The molecular weight excluding hydrogens is 276 g/mol. The minimum Gasteiger partial charge on any atom is -0.320 e. The summed E-state index contributed by atoms with van der Waals surface area (Å²) in [5, 5.41) is 6.58. The van der Waals surface area contributed by atoms with Crippen molar-refractivity contribution in [2.75, 3.05) is 5.32 Å². The third kappa shape index (κ3) is 2.58. The van der Waals surface area contributed by atoms with Gasteiger partial charge in [-0.25, -0.2) is 8.78 Å². The van der Waals surface area contributed by atoms with Gasteiger partial charge < -0.3 is 5.32 Å². The average molecular weight is 286 g/mol. The van der Waals surface area contributed by atoms with Crippen LogP contribution in [0.3, 0.4) is 0 Å². The number of rotatable bonds is 2. The summed E-state index contributed by atoms with van der Waals surface area (Å²) in [4.78, 5) is 11.9. The maximum absolute atomic E-state index is 13.0. The van der Waals surface area contributed by atoms with Gasteiger partial charge in [0.15, 0.2) is 17.3 Å². The van der Waals surface area contributed by atoms with Gasteiger partial charge in [0, 0.05) is 18.8 Å². The molecule has 0 spiro atoms. The van der Waals surface area contributed by atoms with Crippen molar-refractivity contribution in [1.29, 1.82) is 0 Å². The van der Waals surface area contributed by atoms with Crippen molar-refractivity contribution in [3.05, 3.63) is 46.2 Å². The molecule has 0 bridgehead atoms. The molecule has 0 aliphatic heterocycles. The van der Waals surface area contributed by atoms with Crippen LogP contribution in [0.5, 0.6) is 0 Å². The Bertz CT molecular complexity index is 655. The first-order chi connectivity index (χ1) is 8.90. The van der Waals surface area contributed by atoms with Gasteiger partial charge in [-0.15, -0.1) is 0 Å². The minimum absolute atomic E-state index is 0.0337. The Morgan fingerprint density at radius 3 is 2.58 bits per heavy atom. The third-order valence-electron chi connectivity index (χ3n) is 2.65. The Labute approximate surface area is 113 Å². The summed E-state index contributed by atoms with van der Waals surface area (Å²) in [5.74, 6) is -2.61. The van der Waals surface area contributed by atoms with Gasteiger partial charge in [0.05, 0.1) is 10.7 Å². The van der Waals surface area contributed by atoms with Crippen LogP contribution < -0.4 is 5.32 Å². The third-order valence-corrected chi connectivity index (χ3v) is 3.11. The molecule has 1 N–H and O–H groups in total.